The third-order valence-corrected chi connectivity index (χ3v) is 3.82. The molecule has 0 saturated heterocycles. The zero-order chi connectivity index (χ0) is 15.9. The van der Waals surface area contributed by atoms with Crippen LogP contribution in [-0.4, -0.2) is 21.9 Å². The van der Waals surface area contributed by atoms with E-state index in [0.29, 0.717) is 5.02 Å². The Morgan fingerprint density at radius 2 is 2.09 bits per heavy atom. The van der Waals surface area contributed by atoms with E-state index >= 15 is 0 Å². The lowest BCUT2D eigenvalue weighted by atomic mass is 10.1. The summed E-state index contributed by atoms with van der Waals surface area (Å²) in [5.41, 5.74) is 5.25. The van der Waals surface area contributed by atoms with Gasteiger partial charge in [0.1, 0.15) is 6.54 Å². The summed E-state index contributed by atoms with van der Waals surface area (Å²) in [6.45, 7) is 3.75. The van der Waals surface area contributed by atoms with Gasteiger partial charge in [-0.15, -0.1) is 0 Å². The van der Waals surface area contributed by atoms with Gasteiger partial charge < -0.3 is 0 Å². The van der Waals surface area contributed by atoms with E-state index in [-0.39, 0.29) is 12.5 Å². The Balaban J connectivity index is 1.75. The summed E-state index contributed by atoms with van der Waals surface area (Å²) in [6.07, 6.45) is 3.38. The number of amides is 1. The third kappa shape index (κ3) is 4.43. The van der Waals surface area contributed by atoms with Crippen molar-refractivity contribution in [2.75, 3.05) is 0 Å². The van der Waals surface area contributed by atoms with Crippen molar-refractivity contribution in [3.8, 4) is 0 Å². The molecule has 0 aliphatic heterocycles. The van der Waals surface area contributed by atoms with Crippen LogP contribution in [0.25, 0.3) is 0 Å². The molecule has 5 nitrogen and oxygen atoms in total. The number of aromatic nitrogens is 2. The fourth-order valence-corrected chi connectivity index (χ4v) is 2.19. The van der Waals surface area contributed by atoms with Gasteiger partial charge >= 0.3 is 0 Å². The van der Waals surface area contributed by atoms with Crippen molar-refractivity contribution in [1.82, 2.24) is 15.2 Å². The van der Waals surface area contributed by atoms with Crippen molar-refractivity contribution < 1.29 is 4.79 Å². The Kier molecular flexibility index (Phi) is 5.72. The van der Waals surface area contributed by atoms with E-state index in [4.69, 9.17) is 11.6 Å². The van der Waals surface area contributed by atoms with Crippen LogP contribution in [0.4, 0.5) is 0 Å². The molecular weight excluding hydrogens is 300 g/mol. The summed E-state index contributed by atoms with van der Waals surface area (Å²) >= 11 is 6.04. The molecular formula is C16H19ClN4O. The molecule has 0 aliphatic carbocycles. The van der Waals surface area contributed by atoms with Crippen LogP contribution in [0.3, 0.4) is 0 Å². The van der Waals surface area contributed by atoms with Gasteiger partial charge in [0.25, 0.3) is 5.91 Å². The molecule has 1 aromatic carbocycles. The molecule has 1 aromatic heterocycles. The fraction of sp³-hybridized carbons (Fsp3) is 0.312. The Hall–Kier alpha value is -2.14. The minimum absolute atomic E-state index is 0.107. The first-order valence-electron chi connectivity index (χ1n) is 7.11. The Bertz CT molecular complexity index is 664. The highest BCUT2D eigenvalue weighted by molar-refractivity contribution is 6.31. The summed E-state index contributed by atoms with van der Waals surface area (Å²) in [5.74, 6) is -0.224. The predicted molar refractivity (Wildman–Crippen MR) is 88.1 cm³/mol. The maximum absolute atomic E-state index is 11.8. The Morgan fingerprint density at radius 3 is 2.73 bits per heavy atom. The molecule has 22 heavy (non-hydrogen) atoms. The molecule has 1 N–H and O–H groups in total. The number of hydrogen-bond acceptors (Lipinski definition) is 3. The van der Waals surface area contributed by atoms with Crippen molar-refractivity contribution in [3.63, 3.8) is 0 Å². The van der Waals surface area contributed by atoms with Crippen molar-refractivity contribution in [2.24, 2.45) is 5.10 Å². The van der Waals surface area contributed by atoms with Gasteiger partial charge in [0.2, 0.25) is 0 Å². The summed E-state index contributed by atoms with van der Waals surface area (Å²) in [5, 5.41) is 8.75. The molecule has 0 atom stereocenters. The minimum atomic E-state index is -0.224. The number of benzene rings is 1. The van der Waals surface area contributed by atoms with Gasteiger partial charge in [-0.3, -0.25) is 9.48 Å². The van der Waals surface area contributed by atoms with Gasteiger partial charge in [0.05, 0.1) is 16.4 Å². The number of carbonyl (C=O) groups is 1. The van der Waals surface area contributed by atoms with Crippen LogP contribution in [0.15, 0.2) is 35.4 Å². The zero-order valence-corrected chi connectivity index (χ0v) is 13.5. The molecule has 1 amide bonds. The molecule has 0 saturated carbocycles. The molecule has 2 aromatic rings. The molecule has 1 heterocycles. The van der Waals surface area contributed by atoms with Crippen molar-refractivity contribution in [1.29, 1.82) is 0 Å². The van der Waals surface area contributed by atoms with Gasteiger partial charge in [-0.05, 0) is 32.3 Å². The molecule has 0 spiro atoms. The number of nitrogens with one attached hydrogen (secondary N) is 1. The quantitative estimate of drug-likeness (QED) is 0.657. The first kappa shape index (κ1) is 16.2. The third-order valence-electron chi connectivity index (χ3n) is 3.27. The first-order valence-corrected chi connectivity index (χ1v) is 7.49. The molecule has 2 rings (SSSR count). The van der Waals surface area contributed by atoms with Gasteiger partial charge in [-0.2, -0.15) is 10.2 Å². The number of aryl methyl sites for hydroxylation is 2. The fourth-order valence-electron chi connectivity index (χ4n) is 2.06. The first-order chi connectivity index (χ1) is 10.6. The van der Waals surface area contributed by atoms with Crippen LogP contribution in [-0.2, 0) is 17.8 Å². The number of carbonyl (C=O) groups excluding carboxylic acids is 1. The monoisotopic (exact) mass is 318 g/mol. The van der Waals surface area contributed by atoms with Crippen molar-refractivity contribution in [3.05, 3.63) is 52.3 Å². The topological polar surface area (TPSA) is 59.3 Å². The molecule has 0 unspecified atom stereocenters. The highest BCUT2D eigenvalue weighted by Crippen LogP contribution is 2.18. The highest BCUT2D eigenvalue weighted by Gasteiger charge is 2.11. The van der Waals surface area contributed by atoms with Crippen molar-refractivity contribution in [2.45, 2.75) is 33.2 Å². The summed E-state index contributed by atoms with van der Waals surface area (Å²) in [4.78, 5) is 11.8. The summed E-state index contributed by atoms with van der Waals surface area (Å²) < 4.78 is 1.58. The lowest BCUT2D eigenvalue weighted by molar-refractivity contribution is -0.121. The molecule has 0 fully saturated rings. The predicted octanol–water partition coefficient (Wildman–Crippen LogP) is 2.89. The molecule has 6 heteroatoms. The second-order valence-corrected chi connectivity index (χ2v) is 5.39. The van der Waals surface area contributed by atoms with E-state index < -0.39 is 0 Å². The van der Waals surface area contributed by atoms with Crippen LogP contribution in [0.5, 0.6) is 0 Å². The maximum Gasteiger partial charge on any atom is 0.261 e. The van der Waals surface area contributed by atoms with Crippen LogP contribution in [0.2, 0.25) is 5.02 Å². The van der Waals surface area contributed by atoms with Crippen LogP contribution in [0, 0.1) is 13.8 Å². The van der Waals surface area contributed by atoms with E-state index in [9.17, 15) is 4.79 Å². The number of nitrogens with zero attached hydrogens (tertiary/aromatic N) is 3. The summed E-state index contributed by atoms with van der Waals surface area (Å²) in [7, 11) is 0. The summed E-state index contributed by atoms with van der Waals surface area (Å²) in [6, 6.07) is 10.1. The second kappa shape index (κ2) is 7.75. The van der Waals surface area contributed by atoms with E-state index in [1.807, 2.05) is 32.0 Å². The van der Waals surface area contributed by atoms with E-state index in [2.05, 4.69) is 27.8 Å². The standard InChI is InChI=1S/C16H19ClN4O/c1-12-16(17)13(2)21(20-12)11-15(22)19-18-10-6-9-14-7-4-3-5-8-14/h3-5,7-8,10H,6,9,11H2,1-2H3,(H,19,22)/b18-10+. The lowest BCUT2D eigenvalue weighted by Gasteiger charge is -2.03. The normalized spacial score (nSPS) is 11.0. The molecule has 0 aliphatic rings. The molecule has 0 radical (unpaired) electrons. The maximum atomic E-state index is 11.8. The Morgan fingerprint density at radius 1 is 1.36 bits per heavy atom. The second-order valence-electron chi connectivity index (χ2n) is 5.01. The average Bonchev–Trinajstić information content (AvgIpc) is 2.75. The van der Waals surface area contributed by atoms with E-state index in [1.165, 1.54) is 5.56 Å². The largest absolute Gasteiger partial charge is 0.271 e. The van der Waals surface area contributed by atoms with Crippen LogP contribution < -0.4 is 5.43 Å². The zero-order valence-electron chi connectivity index (χ0n) is 12.7. The van der Waals surface area contributed by atoms with Crippen LogP contribution >= 0.6 is 11.6 Å². The SMILES string of the molecule is Cc1nn(CC(=O)N/N=C/CCc2ccccc2)c(C)c1Cl. The molecule has 116 valence electrons. The van der Waals surface area contributed by atoms with Gasteiger partial charge in [0.15, 0.2) is 0 Å². The average molecular weight is 319 g/mol. The van der Waals surface area contributed by atoms with Gasteiger partial charge in [-0.25, -0.2) is 5.43 Å². The lowest BCUT2D eigenvalue weighted by Crippen LogP contribution is -2.24. The number of hydrogen-bond donors (Lipinski definition) is 1. The Labute approximate surface area is 135 Å². The van der Waals surface area contributed by atoms with E-state index in [1.54, 1.807) is 10.9 Å². The number of hydrazone groups is 1. The van der Waals surface area contributed by atoms with Crippen molar-refractivity contribution >= 4 is 23.7 Å². The smallest absolute Gasteiger partial charge is 0.261 e. The van der Waals surface area contributed by atoms with E-state index in [0.717, 1.165) is 24.2 Å². The number of rotatable bonds is 6. The van der Waals surface area contributed by atoms with Gasteiger partial charge in [0, 0.05) is 6.21 Å². The molecule has 0 bridgehead atoms. The highest BCUT2D eigenvalue weighted by atomic mass is 35.5. The van der Waals surface area contributed by atoms with Gasteiger partial charge in [-0.1, -0.05) is 41.9 Å². The number of halogens is 1. The van der Waals surface area contributed by atoms with Crippen LogP contribution in [0.1, 0.15) is 23.4 Å². The minimum Gasteiger partial charge on any atom is -0.271 e.